The highest BCUT2D eigenvalue weighted by Crippen LogP contribution is 2.13. The number of benzene rings is 1. The minimum Gasteiger partial charge on any atom is -0.464 e. The van der Waals surface area contributed by atoms with Crippen molar-refractivity contribution in [2.24, 2.45) is 0 Å². The summed E-state index contributed by atoms with van der Waals surface area (Å²) in [4.78, 5) is 16.7. The Morgan fingerprint density at radius 2 is 1.80 bits per heavy atom. The number of morpholine rings is 1. The van der Waals surface area contributed by atoms with Gasteiger partial charge in [0.2, 0.25) is 0 Å². The highest BCUT2D eigenvalue weighted by Gasteiger charge is 2.23. The molecule has 1 saturated heterocycles. The van der Waals surface area contributed by atoms with Crippen molar-refractivity contribution in [1.29, 1.82) is 0 Å². The summed E-state index contributed by atoms with van der Waals surface area (Å²) >= 11 is 0. The maximum absolute atomic E-state index is 12.9. The highest BCUT2D eigenvalue weighted by molar-refractivity contribution is 7.90. The van der Waals surface area contributed by atoms with Crippen LogP contribution in [0.1, 0.15) is 23.5 Å². The minimum atomic E-state index is -3.95. The zero-order chi connectivity index (χ0) is 21.6. The van der Waals surface area contributed by atoms with E-state index in [0.29, 0.717) is 25.5 Å². The topological polar surface area (TPSA) is 92.1 Å². The molecule has 0 saturated carbocycles. The van der Waals surface area contributed by atoms with Crippen molar-refractivity contribution in [2.75, 3.05) is 39.4 Å². The molecule has 164 valence electrons. The zero-order valence-electron chi connectivity index (χ0n) is 17.5. The summed E-state index contributed by atoms with van der Waals surface area (Å²) in [6.07, 6.45) is 0.720. The van der Waals surface area contributed by atoms with Crippen LogP contribution >= 0.6 is 0 Å². The molecule has 2 aromatic rings. The van der Waals surface area contributed by atoms with E-state index in [-0.39, 0.29) is 11.4 Å². The number of urea groups is 1. The largest absolute Gasteiger partial charge is 0.464 e. The van der Waals surface area contributed by atoms with Crippen molar-refractivity contribution < 1.29 is 22.4 Å². The summed E-state index contributed by atoms with van der Waals surface area (Å²) in [5, 5.41) is 0. The summed E-state index contributed by atoms with van der Waals surface area (Å²) in [5.74, 6) is 1.35. The molecule has 0 atom stereocenters. The van der Waals surface area contributed by atoms with E-state index in [4.69, 9.17) is 9.15 Å². The van der Waals surface area contributed by atoms with Gasteiger partial charge < -0.3 is 14.1 Å². The molecule has 1 aliphatic rings. The smallest absolute Gasteiger partial charge is 0.331 e. The van der Waals surface area contributed by atoms with Crippen LogP contribution in [0.4, 0.5) is 4.79 Å². The van der Waals surface area contributed by atoms with Gasteiger partial charge in [-0.15, -0.1) is 0 Å². The molecule has 0 unspecified atom stereocenters. The number of ether oxygens (including phenoxy) is 1. The first-order chi connectivity index (χ1) is 14.3. The number of carbonyl (C=O) groups is 1. The van der Waals surface area contributed by atoms with E-state index >= 15 is 0 Å². The van der Waals surface area contributed by atoms with Crippen LogP contribution in [-0.2, 0) is 21.3 Å². The van der Waals surface area contributed by atoms with Crippen molar-refractivity contribution in [3.63, 3.8) is 0 Å². The second-order valence-corrected chi connectivity index (χ2v) is 9.15. The van der Waals surface area contributed by atoms with Crippen LogP contribution in [0, 0.1) is 13.8 Å². The molecular formula is C21H29N3O5S. The Morgan fingerprint density at radius 1 is 1.10 bits per heavy atom. The number of rotatable bonds is 8. The second-order valence-electron chi connectivity index (χ2n) is 7.47. The van der Waals surface area contributed by atoms with Gasteiger partial charge >= 0.3 is 6.03 Å². The van der Waals surface area contributed by atoms with Crippen LogP contribution in [0.5, 0.6) is 0 Å². The molecule has 0 aliphatic carbocycles. The summed E-state index contributed by atoms with van der Waals surface area (Å²) in [6, 6.07) is 9.34. The molecular weight excluding hydrogens is 406 g/mol. The molecule has 0 bridgehead atoms. The number of furan rings is 1. The number of amides is 2. The van der Waals surface area contributed by atoms with Crippen molar-refractivity contribution in [3.8, 4) is 0 Å². The maximum Gasteiger partial charge on any atom is 0.331 e. The predicted molar refractivity (Wildman–Crippen MR) is 113 cm³/mol. The molecule has 0 radical (unpaired) electrons. The number of carbonyl (C=O) groups excluding carboxylic acids is 1. The molecule has 3 rings (SSSR count). The molecule has 2 amide bonds. The van der Waals surface area contributed by atoms with Crippen LogP contribution in [-0.4, -0.2) is 63.6 Å². The number of sulfonamides is 1. The molecule has 30 heavy (non-hydrogen) atoms. The Kier molecular flexibility index (Phi) is 7.52. The second kappa shape index (κ2) is 10.1. The van der Waals surface area contributed by atoms with E-state index in [1.165, 1.54) is 17.0 Å². The summed E-state index contributed by atoms with van der Waals surface area (Å²) < 4.78 is 38.4. The first-order valence-corrected chi connectivity index (χ1v) is 11.6. The van der Waals surface area contributed by atoms with Gasteiger partial charge in [0.25, 0.3) is 10.0 Å². The summed E-state index contributed by atoms with van der Waals surface area (Å²) in [7, 11) is -3.95. The van der Waals surface area contributed by atoms with Crippen molar-refractivity contribution in [3.05, 3.63) is 53.5 Å². The maximum atomic E-state index is 12.9. The first kappa shape index (κ1) is 22.3. The minimum absolute atomic E-state index is 0.0589. The van der Waals surface area contributed by atoms with E-state index in [1.807, 2.05) is 19.9 Å². The molecule has 0 spiro atoms. The zero-order valence-corrected chi connectivity index (χ0v) is 18.3. The van der Waals surface area contributed by atoms with E-state index in [2.05, 4.69) is 9.62 Å². The lowest BCUT2D eigenvalue weighted by Crippen LogP contribution is -2.44. The molecule has 8 nitrogen and oxygen atoms in total. The fraction of sp³-hybridized carbons (Fsp3) is 0.476. The Morgan fingerprint density at radius 3 is 2.43 bits per heavy atom. The normalized spacial score (nSPS) is 15.1. The number of nitrogens with zero attached hydrogens (tertiary/aromatic N) is 2. The quantitative estimate of drug-likeness (QED) is 0.685. The number of aryl methyl sites for hydroxylation is 2. The standard InChI is InChI=1S/C21H29N3O5S/c1-17-4-8-20(9-5-17)30(26,27)22-21(25)24(16-19-7-6-18(2)29-19)11-3-10-23-12-14-28-15-13-23/h4-9H,3,10-16H2,1-2H3,(H,22,25). The summed E-state index contributed by atoms with van der Waals surface area (Å²) in [6.45, 7) is 8.28. The summed E-state index contributed by atoms with van der Waals surface area (Å²) in [5.41, 5.74) is 0.943. The van der Waals surface area contributed by atoms with Crippen molar-refractivity contribution in [2.45, 2.75) is 31.7 Å². The number of hydrogen-bond acceptors (Lipinski definition) is 6. The van der Waals surface area contributed by atoms with E-state index in [1.54, 1.807) is 18.2 Å². The van der Waals surface area contributed by atoms with Crippen LogP contribution in [0.2, 0.25) is 0 Å². The van der Waals surface area contributed by atoms with Gasteiger partial charge in [-0.2, -0.15) is 0 Å². The van der Waals surface area contributed by atoms with Gasteiger partial charge in [-0.3, -0.25) is 4.90 Å². The third-order valence-electron chi connectivity index (χ3n) is 4.99. The van der Waals surface area contributed by atoms with Crippen LogP contribution in [0.15, 0.2) is 45.7 Å². The fourth-order valence-electron chi connectivity index (χ4n) is 3.28. The molecule has 2 heterocycles. The SMILES string of the molecule is Cc1ccc(S(=O)(=O)NC(=O)N(CCCN2CCOCC2)Cc2ccc(C)o2)cc1. The first-order valence-electron chi connectivity index (χ1n) is 10.1. The lowest BCUT2D eigenvalue weighted by atomic mass is 10.2. The van der Waals surface area contributed by atoms with Gasteiger partial charge in [0, 0.05) is 26.2 Å². The third-order valence-corrected chi connectivity index (χ3v) is 6.33. The van der Waals surface area contributed by atoms with Crippen LogP contribution < -0.4 is 4.72 Å². The van der Waals surface area contributed by atoms with Crippen LogP contribution in [0.3, 0.4) is 0 Å². The number of hydrogen-bond donors (Lipinski definition) is 1. The Hall–Kier alpha value is -2.36. The van der Waals surface area contributed by atoms with Gasteiger partial charge in [0.05, 0.1) is 24.7 Å². The van der Waals surface area contributed by atoms with Crippen molar-refractivity contribution in [1.82, 2.24) is 14.5 Å². The van der Waals surface area contributed by atoms with Crippen molar-refractivity contribution >= 4 is 16.1 Å². The van der Waals surface area contributed by atoms with Crippen LogP contribution in [0.25, 0.3) is 0 Å². The molecule has 1 fully saturated rings. The molecule has 9 heteroatoms. The highest BCUT2D eigenvalue weighted by atomic mass is 32.2. The molecule has 1 N–H and O–H groups in total. The fourth-order valence-corrected chi connectivity index (χ4v) is 4.25. The predicted octanol–water partition coefficient (Wildman–Crippen LogP) is 2.52. The Labute approximate surface area is 177 Å². The lowest BCUT2D eigenvalue weighted by Gasteiger charge is -2.28. The van der Waals surface area contributed by atoms with E-state index in [9.17, 15) is 13.2 Å². The van der Waals surface area contributed by atoms with E-state index in [0.717, 1.165) is 37.4 Å². The Bertz CT molecular complexity index is 934. The molecule has 1 aromatic carbocycles. The van der Waals surface area contributed by atoms with Gasteiger partial charge in [0.15, 0.2) is 0 Å². The third kappa shape index (κ3) is 6.32. The Balaban J connectivity index is 1.65. The average molecular weight is 436 g/mol. The van der Waals surface area contributed by atoms with E-state index < -0.39 is 16.1 Å². The monoisotopic (exact) mass is 435 g/mol. The molecule has 1 aliphatic heterocycles. The number of nitrogens with one attached hydrogen (secondary N) is 1. The van der Waals surface area contributed by atoms with Gasteiger partial charge in [-0.25, -0.2) is 17.9 Å². The van der Waals surface area contributed by atoms with Gasteiger partial charge in [-0.1, -0.05) is 17.7 Å². The van der Waals surface area contributed by atoms with Gasteiger partial charge in [-0.05, 0) is 44.5 Å². The van der Waals surface area contributed by atoms with Gasteiger partial charge in [0.1, 0.15) is 11.5 Å². The lowest BCUT2D eigenvalue weighted by molar-refractivity contribution is 0.0364. The average Bonchev–Trinajstić information content (AvgIpc) is 3.13. The molecule has 1 aromatic heterocycles.